The molecule has 0 radical (unpaired) electrons. The van der Waals surface area contributed by atoms with E-state index in [0.29, 0.717) is 38.6 Å². The van der Waals surface area contributed by atoms with Crippen molar-refractivity contribution in [3.05, 3.63) is 0 Å². The number of rotatable bonds is 12. The number of nitrogens with two attached hydrogens (primary N) is 1. The summed E-state index contributed by atoms with van der Waals surface area (Å²) in [5.41, 5.74) is 4.17. The van der Waals surface area contributed by atoms with Crippen LogP contribution in [0.1, 0.15) is 72.6 Å². The number of hydrogen-bond donors (Lipinski definition) is 3. The third-order valence-corrected chi connectivity index (χ3v) is 5.13. The number of Topliss-reactive ketones (excluding diaryl/α,β-unsaturated/α-hetero) is 2. The molecule has 27 heavy (non-hydrogen) atoms. The van der Waals surface area contributed by atoms with E-state index in [2.05, 4.69) is 10.6 Å². The zero-order chi connectivity index (χ0) is 20.6. The molecule has 7 heteroatoms. The molecule has 0 saturated heterocycles. The largest absolute Gasteiger partial charge is 0.354 e. The van der Waals surface area contributed by atoms with E-state index in [1.807, 2.05) is 27.7 Å². The van der Waals surface area contributed by atoms with E-state index < -0.39 is 17.4 Å². The Labute approximate surface area is 162 Å². The molecule has 1 rings (SSSR count). The van der Waals surface area contributed by atoms with Gasteiger partial charge in [-0.3, -0.25) is 14.4 Å². The predicted molar refractivity (Wildman–Crippen MR) is 104 cm³/mol. The lowest BCUT2D eigenvalue weighted by molar-refractivity contribution is -0.149. The summed E-state index contributed by atoms with van der Waals surface area (Å²) in [5, 5.41) is 5.35. The van der Waals surface area contributed by atoms with E-state index in [9.17, 15) is 19.2 Å². The summed E-state index contributed by atoms with van der Waals surface area (Å²) < 4.78 is 0. The molecule has 0 aromatic carbocycles. The maximum atomic E-state index is 13.0. The Bertz CT molecular complexity index is 553. The van der Waals surface area contributed by atoms with Crippen molar-refractivity contribution in [2.45, 2.75) is 78.7 Å². The number of primary amides is 1. The number of amides is 3. The highest BCUT2D eigenvalue weighted by Crippen LogP contribution is 2.45. The van der Waals surface area contributed by atoms with Crippen LogP contribution in [0.25, 0.3) is 0 Å². The summed E-state index contributed by atoms with van der Waals surface area (Å²) in [4.78, 5) is 49.0. The van der Waals surface area contributed by atoms with E-state index in [-0.39, 0.29) is 35.9 Å². The van der Waals surface area contributed by atoms with Gasteiger partial charge in [0.1, 0.15) is 11.6 Å². The summed E-state index contributed by atoms with van der Waals surface area (Å²) >= 11 is 0. The number of hydrogen-bond acceptors (Lipinski definition) is 4. The minimum absolute atomic E-state index is 0.0205. The van der Waals surface area contributed by atoms with Gasteiger partial charge < -0.3 is 16.4 Å². The van der Waals surface area contributed by atoms with Gasteiger partial charge >= 0.3 is 6.03 Å². The quantitative estimate of drug-likeness (QED) is 0.355. The van der Waals surface area contributed by atoms with Crippen LogP contribution in [-0.2, 0) is 14.4 Å². The van der Waals surface area contributed by atoms with E-state index in [1.165, 1.54) is 0 Å². The van der Waals surface area contributed by atoms with Crippen LogP contribution in [0.5, 0.6) is 0 Å². The summed E-state index contributed by atoms with van der Waals surface area (Å²) in [6.45, 7) is 8.03. The van der Waals surface area contributed by atoms with Crippen LogP contribution in [0.4, 0.5) is 4.79 Å². The first-order valence-electron chi connectivity index (χ1n) is 9.98. The van der Waals surface area contributed by atoms with Crippen LogP contribution >= 0.6 is 0 Å². The van der Waals surface area contributed by atoms with E-state index >= 15 is 0 Å². The fourth-order valence-corrected chi connectivity index (χ4v) is 3.52. The Morgan fingerprint density at radius 3 is 2.04 bits per heavy atom. The molecule has 1 atom stereocenters. The summed E-state index contributed by atoms with van der Waals surface area (Å²) in [7, 11) is 0. The topological polar surface area (TPSA) is 118 Å². The van der Waals surface area contributed by atoms with Crippen LogP contribution in [0.3, 0.4) is 0 Å². The van der Waals surface area contributed by atoms with E-state index in [4.69, 9.17) is 5.73 Å². The van der Waals surface area contributed by atoms with Gasteiger partial charge in [0.2, 0.25) is 5.91 Å². The molecule has 0 bridgehead atoms. The van der Waals surface area contributed by atoms with Gasteiger partial charge in [-0.15, -0.1) is 0 Å². The number of nitrogens with one attached hydrogen (secondary N) is 2. The van der Waals surface area contributed by atoms with Crippen molar-refractivity contribution in [1.29, 1.82) is 0 Å². The number of carbonyl (C=O) groups is 4. The Hall–Kier alpha value is -1.92. The molecule has 0 aromatic rings. The van der Waals surface area contributed by atoms with Crippen molar-refractivity contribution < 1.29 is 19.2 Å². The first-order valence-corrected chi connectivity index (χ1v) is 9.98. The first-order chi connectivity index (χ1) is 12.6. The lowest BCUT2D eigenvalue weighted by Crippen LogP contribution is -2.47. The minimum atomic E-state index is -0.883. The molecule has 0 heterocycles. The molecule has 0 unspecified atom stereocenters. The third-order valence-electron chi connectivity index (χ3n) is 5.13. The second-order valence-corrected chi connectivity index (χ2v) is 8.38. The van der Waals surface area contributed by atoms with Gasteiger partial charge in [0.15, 0.2) is 0 Å². The van der Waals surface area contributed by atoms with Crippen LogP contribution in [-0.4, -0.2) is 36.1 Å². The van der Waals surface area contributed by atoms with Crippen molar-refractivity contribution in [2.24, 2.45) is 23.0 Å². The summed E-state index contributed by atoms with van der Waals surface area (Å²) in [6.07, 6.45) is 3.54. The van der Waals surface area contributed by atoms with Crippen LogP contribution < -0.4 is 16.4 Å². The number of ketones is 2. The van der Waals surface area contributed by atoms with Gasteiger partial charge in [0.05, 0.1) is 5.41 Å². The molecule has 3 amide bonds. The van der Waals surface area contributed by atoms with Gasteiger partial charge in [-0.1, -0.05) is 20.3 Å². The first kappa shape index (κ1) is 23.1. The Morgan fingerprint density at radius 1 is 1.00 bits per heavy atom. The van der Waals surface area contributed by atoms with Gasteiger partial charge in [0.25, 0.3) is 0 Å². The summed E-state index contributed by atoms with van der Waals surface area (Å²) in [6, 6.07) is -0.638. The molecular formula is C20H35N3O4. The molecule has 0 aliphatic heterocycles. The monoisotopic (exact) mass is 381 g/mol. The molecule has 1 saturated carbocycles. The van der Waals surface area contributed by atoms with Crippen molar-refractivity contribution in [2.75, 3.05) is 6.54 Å². The molecule has 4 N–H and O–H groups in total. The van der Waals surface area contributed by atoms with E-state index in [1.54, 1.807) is 0 Å². The average molecular weight is 382 g/mol. The average Bonchev–Trinajstić information content (AvgIpc) is 2.47. The zero-order valence-electron chi connectivity index (χ0n) is 17.1. The Balaban J connectivity index is 2.79. The SMILES string of the molecule is CC(C)CC(=O)C1(C(=O)C[C@@H](CCCNC(N)=O)C(=O)NC(C)C)CCC1. The maximum absolute atomic E-state index is 13.0. The predicted octanol–water partition coefficient (Wildman–Crippen LogP) is 2.32. The smallest absolute Gasteiger partial charge is 0.312 e. The highest BCUT2D eigenvalue weighted by atomic mass is 16.2. The molecule has 1 fully saturated rings. The highest BCUT2D eigenvalue weighted by molar-refractivity contribution is 6.08. The lowest BCUT2D eigenvalue weighted by atomic mass is 9.60. The fraction of sp³-hybridized carbons (Fsp3) is 0.800. The molecule has 1 aliphatic rings. The van der Waals surface area contributed by atoms with Crippen LogP contribution in [0, 0.1) is 17.3 Å². The molecule has 0 spiro atoms. The van der Waals surface area contributed by atoms with Crippen LogP contribution in [0.15, 0.2) is 0 Å². The molecule has 0 aromatic heterocycles. The zero-order valence-corrected chi connectivity index (χ0v) is 17.1. The summed E-state index contributed by atoms with van der Waals surface area (Å²) in [5.74, 6) is -0.553. The number of urea groups is 1. The Morgan fingerprint density at radius 2 is 1.59 bits per heavy atom. The fourth-order valence-electron chi connectivity index (χ4n) is 3.52. The second-order valence-electron chi connectivity index (χ2n) is 8.38. The van der Waals surface area contributed by atoms with Gasteiger partial charge in [-0.2, -0.15) is 0 Å². The maximum Gasteiger partial charge on any atom is 0.312 e. The Kier molecular flexibility index (Phi) is 8.93. The van der Waals surface area contributed by atoms with Crippen molar-refractivity contribution >= 4 is 23.5 Å². The van der Waals surface area contributed by atoms with Gasteiger partial charge in [-0.05, 0) is 45.4 Å². The third kappa shape index (κ3) is 6.96. The molecule has 7 nitrogen and oxygen atoms in total. The van der Waals surface area contributed by atoms with Crippen LogP contribution in [0.2, 0.25) is 0 Å². The molecule has 154 valence electrons. The standard InChI is InChI=1S/C20H35N3O4/c1-13(2)11-16(24)20(8-6-9-20)17(25)12-15(18(26)23-14(3)4)7-5-10-22-19(21)27/h13-15H,5-12H2,1-4H3,(H,23,26)(H3,21,22,27)/t15-/m1/s1. The minimum Gasteiger partial charge on any atom is -0.354 e. The molecular weight excluding hydrogens is 346 g/mol. The second kappa shape index (κ2) is 10.4. The van der Waals surface area contributed by atoms with Crippen molar-refractivity contribution in [3.8, 4) is 0 Å². The van der Waals surface area contributed by atoms with Crippen molar-refractivity contribution in [3.63, 3.8) is 0 Å². The van der Waals surface area contributed by atoms with Gasteiger partial charge in [0, 0.05) is 31.3 Å². The van der Waals surface area contributed by atoms with E-state index in [0.717, 1.165) is 6.42 Å². The van der Waals surface area contributed by atoms with Gasteiger partial charge in [-0.25, -0.2) is 4.79 Å². The lowest BCUT2D eigenvalue weighted by Gasteiger charge is -2.40. The molecule has 1 aliphatic carbocycles. The van der Waals surface area contributed by atoms with Crippen molar-refractivity contribution in [1.82, 2.24) is 10.6 Å². The normalized spacial score (nSPS) is 16.5. The highest BCUT2D eigenvalue weighted by Gasteiger charge is 2.50. The number of carbonyl (C=O) groups excluding carboxylic acids is 4.